The lowest BCUT2D eigenvalue weighted by Gasteiger charge is -2.15. The first kappa shape index (κ1) is 22.0. The van der Waals surface area contributed by atoms with E-state index in [0.29, 0.717) is 29.3 Å². The molecular formula is C21H18F2N2O5S. The standard InChI is InChI=1S/C21H18F2N2O5S/c1-29-14-8-10-18(19(12-14)30-2)24-21(26)15-5-3-4-6-17(15)25-31(27,28)20-11-13(22)7-9-16(20)23/h3-12,25H,1-2H3,(H,24,26). The first-order valence-corrected chi connectivity index (χ1v) is 10.3. The first-order chi connectivity index (χ1) is 14.7. The molecule has 0 spiro atoms. The summed E-state index contributed by atoms with van der Waals surface area (Å²) in [5.74, 6) is -1.85. The summed E-state index contributed by atoms with van der Waals surface area (Å²) < 4.78 is 65.1. The monoisotopic (exact) mass is 448 g/mol. The third kappa shape index (κ3) is 4.92. The van der Waals surface area contributed by atoms with Gasteiger partial charge in [0.25, 0.3) is 15.9 Å². The van der Waals surface area contributed by atoms with Gasteiger partial charge in [0.2, 0.25) is 0 Å². The number of anilines is 2. The van der Waals surface area contributed by atoms with Gasteiger partial charge in [0.05, 0.1) is 31.2 Å². The minimum Gasteiger partial charge on any atom is -0.497 e. The van der Waals surface area contributed by atoms with E-state index in [1.807, 2.05) is 0 Å². The zero-order chi connectivity index (χ0) is 22.6. The molecule has 0 aliphatic carbocycles. The summed E-state index contributed by atoms with van der Waals surface area (Å²) >= 11 is 0. The molecule has 0 aliphatic heterocycles. The smallest absolute Gasteiger partial charge is 0.264 e. The fraction of sp³-hybridized carbons (Fsp3) is 0.0952. The second-order valence-electron chi connectivity index (χ2n) is 6.25. The zero-order valence-electron chi connectivity index (χ0n) is 16.5. The summed E-state index contributed by atoms with van der Waals surface area (Å²) in [4.78, 5) is 12.0. The van der Waals surface area contributed by atoms with E-state index in [1.165, 1.54) is 38.5 Å². The Bertz CT molecular complexity index is 1230. The summed E-state index contributed by atoms with van der Waals surface area (Å²) in [5, 5.41) is 2.63. The van der Waals surface area contributed by atoms with Crippen LogP contribution in [-0.4, -0.2) is 28.5 Å². The van der Waals surface area contributed by atoms with Crippen LogP contribution in [0.1, 0.15) is 10.4 Å². The Morgan fingerprint density at radius 1 is 0.903 bits per heavy atom. The third-order valence-electron chi connectivity index (χ3n) is 4.26. The van der Waals surface area contributed by atoms with Crippen molar-refractivity contribution < 1.29 is 31.5 Å². The number of nitrogens with one attached hydrogen (secondary N) is 2. The molecule has 0 aromatic heterocycles. The molecule has 0 unspecified atom stereocenters. The maximum absolute atomic E-state index is 14.0. The number of halogens is 2. The van der Waals surface area contributed by atoms with Crippen molar-refractivity contribution in [1.29, 1.82) is 0 Å². The van der Waals surface area contributed by atoms with Crippen LogP contribution in [-0.2, 0) is 10.0 Å². The van der Waals surface area contributed by atoms with Crippen LogP contribution in [0.15, 0.2) is 65.6 Å². The van der Waals surface area contributed by atoms with Crippen molar-refractivity contribution in [3.8, 4) is 11.5 Å². The SMILES string of the molecule is COc1ccc(NC(=O)c2ccccc2NS(=O)(=O)c2cc(F)ccc2F)c(OC)c1. The lowest BCUT2D eigenvalue weighted by Crippen LogP contribution is -2.19. The predicted octanol–water partition coefficient (Wildman–Crippen LogP) is 4.04. The van der Waals surface area contributed by atoms with Gasteiger partial charge in [-0.05, 0) is 42.5 Å². The number of sulfonamides is 1. The number of hydrogen-bond acceptors (Lipinski definition) is 5. The van der Waals surface area contributed by atoms with E-state index in [-0.39, 0.29) is 11.3 Å². The number of carbonyl (C=O) groups excluding carboxylic acids is 1. The second-order valence-corrected chi connectivity index (χ2v) is 7.90. The Balaban J connectivity index is 1.92. The molecule has 0 radical (unpaired) electrons. The number of amides is 1. The quantitative estimate of drug-likeness (QED) is 0.569. The minimum absolute atomic E-state index is 0.0410. The van der Waals surface area contributed by atoms with Gasteiger partial charge in [-0.25, -0.2) is 17.2 Å². The molecule has 0 bridgehead atoms. The molecule has 3 aromatic carbocycles. The average molecular weight is 448 g/mol. The van der Waals surface area contributed by atoms with Crippen LogP contribution in [0, 0.1) is 11.6 Å². The van der Waals surface area contributed by atoms with Gasteiger partial charge in [-0.3, -0.25) is 9.52 Å². The molecule has 31 heavy (non-hydrogen) atoms. The number of para-hydroxylation sites is 1. The van der Waals surface area contributed by atoms with Crippen LogP contribution >= 0.6 is 0 Å². The highest BCUT2D eigenvalue weighted by Crippen LogP contribution is 2.30. The number of carbonyl (C=O) groups is 1. The first-order valence-electron chi connectivity index (χ1n) is 8.85. The summed E-state index contributed by atoms with van der Waals surface area (Å²) in [6.45, 7) is 0. The number of benzene rings is 3. The Morgan fingerprint density at radius 3 is 2.35 bits per heavy atom. The van der Waals surface area contributed by atoms with Gasteiger partial charge >= 0.3 is 0 Å². The topological polar surface area (TPSA) is 93.7 Å². The molecule has 0 heterocycles. The summed E-state index contributed by atoms with van der Waals surface area (Å²) in [6.07, 6.45) is 0. The molecule has 0 atom stereocenters. The number of hydrogen-bond donors (Lipinski definition) is 2. The van der Waals surface area contributed by atoms with Gasteiger partial charge in [-0.1, -0.05) is 12.1 Å². The van der Waals surface area contributed by atoms with E-state index in [1.54, 1.807) is 18.2 Å². The lowest BCUT2D eigenvalue weighted by molar-refractivity contribution is 0.102. The zero-order valence-corrected chi connectivity index (χ0v) is 17.3. The second kappa shape index (κ2) is 9.00. The molecular weight excluding hydrogens is 430 g/mol. The van der Waals surface area contributed by atoms with E-state index in [2.05, 4.69) is 10.0 Å². The van der Waals surface area contributed by atoms with E-state index in [4.69, 9.17) is 9.47 Å². The summed E-state index contributed by atoms with van der Waals surface area (Å²) in [5.41, 5.74) is 0.166. The molecule has 162 valence electrons. The Hall–Kier alpha value is -3.66. The van der Waals surface area contributed by atoms with E-state index in [9.17, 15) is 22.0 Å². The fourth-order valence-electron chi connectivity index (χ4n) is 2.74. The molecule has 0 saturated heterocycles. The molecule has 3 aromatic rings. The largest absolute Gasteiger partial charge is 0.497 e. The summed E-state index contributed by atoms with van der Waals surface area (Å²) in [6, 6.07) is 12.5. The van der Waals surface area contributed by atoms with Gasteiger partial charge < -0.3 is 14.8 Å². The molecule has 0 fully saturated rings. The molecule has 2 N–H and O–H groups in total. The maximum Gasteiger partial charge on any atom is 0.264 e. The van der Waals surface area contributed by atoms with Crippen LogP contribution in [0.2, 0.25) is 0 Å². The van der Waals surface area contributed by atoms with Crippen LogP contribution in [0.25, 0.3) is 0 Å². The van der Waals surface area contributed by atoms with Crippen molar-refractivity contribution in [2.24, 2.45) is 0 Å². The van der Waals surface area contributed by atoms with Crippen LogP contribution < -0.4 is 19.5 Å². The van der Waals surface area contributed by atoms with Crippen molar-refractivity contribution in [1.82, 2.24) is 0 Å². The number of methoxy groups -OCH3 is 2. The van der Waals surface area contributed by atoms with Crippen molar-refractivity contribution in [3.63, 3.8) is 0 Å². The van der Waals surface area contributed by atoms with E-state index >= 15 is 0 Å². The molecule has 1 amide bonds. The summed E-state index contributed by atoms with van der Waals surface area (Å²) in [7, 11) is -1.60. The average Bonchev–Trinajstić information content (AvgIpc) is 2.75. The number of rotatable bonds is 7. The van der Waals surface area contributed by atoms with Crippen LogP contribution in [0.4, 0.5) is 20.2 Å². The fourth-order valence-corrected chi connectivity index (χ4v) is 3.91. The maximum atomic E-state index is 14.0. The van der Waals surface area contributed by atoms with Crippen LogP contribution in [0.3, 0.4) is 0 Å². The lowest BCUT2D eigenvalue weighted by atomic mass is 10.1. The molecule has 0 saturated carbocycles. The normalized spacial score (nSPS) is 11.0. The van der Waals surface area contributed by atoms with E-state index in [0.717, 1.165) is 6.07 Å². The van der Waals surface area contributed by atoms with E-state index < -0.39 is 32.5 Å². The number of ether oxygens (including phenoxy) is 2. The van der Waals surface area contributed by atoms with Gasteiger partial charge in [-0.15, -0.1) is 0 Å². The third-order valence-corrected chi connectivity index (χ3v) is 5.64. The minimum atomic E-state index is -4.50. The Morgan fingerprint density at radius 2 is 1.65 bits per heavy atom. The van der Waals surface area contributed by atoms with Gasteiger partial charge in [0, 0.05) is 6.07 Å². The van der Waals surface area contributed by atoms with Gasteiger partial charge in [0.1, 0.15) is 28.0 Å². The van der Waals surface area contributed by atoms with Crippen molar-refractivity contribution in [2.75, 3.05) is 24.3 Å². The van der Waals surface area contributed by atoms with Crippen molar-refractivity contribution >= 4 is 27.3 Å². The Kier molecular flexibility index (Phi) is 6.40. The van der Waals surface area contributed by atoms with Crippen LogP contribution in [0.5, 0.6) is 11.5 Å². The molecule has 7 nitrogen and oxygen atoms in total. The highest BCUT2D eigenvalue weighted by Gasteiger charge is 2.23. The van der Waals surface area contributed by atoms with Crippen molar-refractivity contribution in [3.05, 3.63) is 77.9 Å². The molecule has 10 heteroatoms. The highest BCUT2D eigenvalue weighted by atomic mass is 32.2. The predicted molar refractivity (Wildman–Crippen MR) is 111 cm³/mol. The van der Waals surface area contributed by atoms with Gasteiger partial charge in [-0.2, -0.15) is 0 Å². The molecule has 0 aliphatic rings. The van der Waals surface area contributed by atoms with Crippen molar-refractivity contribution in [2.45, 2.75) is 4.90 Å². The molecule has 3 rings (SSSR count). The Labute approximate surface area is 177 Å². The highest BCUT2D eigenvalue weighted by molar-refractivity contribution is 7.92. The van der Waals surface area contributed by atoms with Gasteiger partial charge in [0.15, 0.2) is 0 Å².